The number of carbonyl (C=O) groups excluding carboxylic acids is 2. The molecule has 1 aromatic heterocycles. The van der Waals surface area contributed by atoms with E-state index in [1.165, 1.54) is 12.8 Å². The number of amides is 2. The van der Waals surface area contributed by atoms with Crippen LogP contribution in [0.25, 0.3) is 0 Å². The Morgan fingerprint density at radius 3 is 2.69 bits per heavy atom. The number of nitrogens with one attached hydrogen (secondary N) is 1. The fraction of sp³-hybridized carbons (Fsp3) is 0.435. The summed E-state index contributed by atoms with van der Waals surface area (Å²) in [6.07, 6.45) is 5.39. The van der Waals surface area contributed by atoms with E-state index in [0.717, 1.165) is 42.1 Å². The number of hydrogen-bond donors (Lipinski definition) is 1. The van der Waals surface area contributed by atoms with Crippen LogP contribution in [0.2, 0.25) is 0 Å². The van der Waals surface area contributed by atoms with Crippen molar-refractivity contribution >= 4 is 23.3 Å². The van der Waals surface area contributed by atoms with Crippen LogP contribution in [0.1, 0.15) is 37.3 Å². The molecule has 1 aromatic carbocycles. The van der Waals surface area contributed by atoms with Crippen molar-refractivity contribution in [2.75, 3.05) is 29.4 Å². The van der Waals surface area contributed by atoms with E-state index in [1.54, 1.807) is 4.90 Å². The molecule has 0 spiro atoms. The highest BCUT2D eigenvalue weighted by Crippen LogP contribution is 2.28. The number of hydrogen-bond acceptors (Lipinski definition) is 4. The molecule has 1 atom stereocenters. The molecule has 0 aliphatic carbocycles. The lowest BCUT2D eigenvalue weighted by Crippen LogP contribution is -2.32. The van der Waals surface area contributed by atoms with Crippen molar-refractivity contribution in [3.8, 4) is 0 Å². The molecule has 2 fully saturated rings. The van der Waals surface area contributed by atoms with Gasteiger partial charge in [0.15, 0.2) is 0 Å². The fourth-order valence-electron chi connectivity index (χ4n) is 4.18. The molecule has 0 saturated carbocycles. The van der Waals surface area contributed by atoms with Gasteiger partial charge in [0.05, 0.1) is 5.92 Å². The lowest BCUT2D eigenvalue weighted by molar-refractivity contribution is -0.126. The lowest BCUT2D eigenvalue weighted by Gasteiger charge is -2.20. The van der Waals surface area contributed by atoms with E-state index in [1.807, 2.05) is 42.6 Å². The average Bonchev–Trinajstić information content (AvgIpc) is 3.42. The van der Waals surface area contributed by atoms with Crippen LogP contribution in [0.15, 0.2) is 42.6 Å². The number of aromatic nitrogens is 1. The second kappa shape index (κ2) is 8.64. The third kappa shape index (κ3) is 4.26. The summed E-state index contributed by atoms with van der Waals surface area (Å²) >= 11 is 0. The Morgan fingerprint density at radius 1 is 1.17 bits per heavy atom. The second-order valence-electron chi connectivity index (χ2n) is 7.82. The number of aryl methyl sites for hydroxylation is 1. The Morgan fingerprint density at radius 2 is 1.97 bits per heavy atom. The molecular formula is C23H28N4O2. The topological polar surface area (TPSA) is 65.5 Å². The predicted molar refractivity (Wildman–Crippen MR) is 114 cm³/mol. The van der Waals surface area contributed by atoms with Crippen molar-refractivity contribution in [2.24, 2.45) is 5.92 Å². The SMILES string of the molecule is CCc1ccccc1N1CC(C(=O)NCc2ccc(N3CCCC3)nc2)CC1=O. The molecule has 1 unspecified atom stereocenters. The van der Waals surface area contributed by atoms with Gasteiger partial charge in [0.1, 0.15) is 5.82 Å². The quantitative estimate of drug-likeness (QED) is 0.821. The highest BCUT2D eigenvalue weighted by atomic mass is 16.2. The summed E-state index contributed by atoms with van der Waals surface area (Å²) in [5.74, 6) is 0.634. The first kappa shape index (κ1) is 19.4. The van der Waals surface area contributed by atoms with Crippen LogP contribution in [-0.4, -0.2) is 36.4 Å². The van der Waals surface area contributed by atoms with Crippen LogP contribution in [0, 0.1) is 5.92 Å². The average molecular weight is 393 g/mol. The van der Waals surface area contributed by atoms with Crippen LogP contribution >= 0.6 is 0 Å². The van der Waals surface area contributed by atoms with Crippen LogP contribution in [0.4, 0.5) is 11.5 Å². The van der Waals surface area contributed by atoms with E-state index in [4.69, 9.17) is 0 Å². The van der Waals surface area contributed by atoms with Crippen molar-refractivity contribution in [2.45, 2.75) is 39.2 Å². The molecule has 6 heteroatoms. The monoisotopic (exact) mass is 392 g/mol. The summed E-state index contributed by atoms with van der Waals surface area (Å²) in [5, 5.41) is 2.98. The van der Waals surface area contributed by atoms with Gasteiger partial charge in [-0.3, -0.25) is 9.59 Å². The van der Waals surface area contributed by atoms with Crippen LogP contribution in [0.5, 0.6) is 0 Å². The normalized spacial score (nSPS) is 19.1. The molecule has 1 N–H and O–H groups in total. The summed E-state index contributed by atoms with van der Waals surface area (Å²) in [7, 11) is 0. The maximum atomic E-state index is 12.7. The minimum Gasteiger partial charge on any atom is -0.357 e. The molecule has 2 amide bonds. The van der Waals surface area contributed by atoms with Crippen molar-refractivity contribution < 1.29 is 9.59 Å². The van der Waals surface area contributed by atoms with Crippen LogP contribution in [-0.2, 0) is 22.6 Å². The summed E-state index contributed by atoms with van der Waals surface area (Å²) in [6, 6.07) is 12.0. The predicted octanol–water partition coefficient (Wildman–Crippen LogP) is 2.91. The number of rotatable bonds is 6. The molecule has 29 heavy (non-hydrogen) atoms. The zero-order chi connectivity index (χ0) is 20.2. The zero-order valence-electron chi connectivity index (χ0n) is 16.9. The van der Waals surface area contributed by atoms with Gasteiger partial charge in [-0.15, -0.1) is 0 Å². The summed E-state index contributed by atoms with van der Waals surface area (Å²) in [5.41, 5.74) is 3.03. The van der Waals surface area contributed by atoms with Gasteiger partial charge >= 0.3 is 0 Å². The van der Waals surface area contributed by atoms with E-state index < -0.39 is 0 Å². The third-order valence-electron chi connectivity index (χ3n) is 5.87. The van der Waals surface area contributed by atoms with Crippen molar-refractivity contribution in [1.82, 2.24) is 10.3 Å². The first-order valence-electron chi connectivity index (χ1n) is 10.5. The molecule has 2 saturated heterocycles. The van der Waals surface area contributed by atoms with Gasteiger partial charge in [-0.25, -0.2) is 4.98 Å². The van der Waals surface area contributed by atoms with E-state index in [9.17, 15) is 9.59 Å². The number of nitrogens with zero attached hydrogens (tertiary/aromatic N) is 3. The number of carbonyl (C=O) groups is 2. The summed E-state index contributed by atoms with van der Waals surface area (Å²) in [4.78, 5) is 33.8. The fourth-order valence-corrected chi connectivity index (χ4v) is 4.18. The minimum absolute atomic E-state index is 0.0164. The van der Waals surface area contributed by atoms with Crippen molar-refractivity contribution in [3.05, 3.63) is 53.7 Å². The number of pyridine rings is 1. The summed E-state index contributed by atoms with van der Waals surface area (Å²) < 4.78 is 0. The highest BCUT2D eigenvalue weighted by Gasteiger charge is 2.35. The Bertz CT molecular complexity index is 875. The van der Waals surface area contributed by atoms with Gasteiger partial charge in [0.2, 0.25) is 11.8 Å². The maximum absolute atomic E-state index is 12.7. The van der Waals surface area contributed by atoms with E-state index in [-0.39, 0.29) is 24.2 Å². The van der Waals surface area contributed by atoms with Crippen LogP contribution < -0.4 is 15.1 Å². The van der Waals surface area contributed by atoms with Gasteiger partial charge in [0.25, 0.3) is 0 Å². The molecule has 4 rings (SSSR count). The standard InChI is InChI=1S/C23H28N4O2/c1-2-18-7-3-4-8-20(18)27-16-19(13-22(27)28)23(29)25-15-17-9-10-21(24-14-17)26-11-5-6-12-26/h3-4,7-10,14,19H,2,5-6,11-13,15-16H2,1H3,(H,25,29). The molecule has 2 aliphatic heterocycles. The Kier molecular flexibility index (Phi) is 5.79. The molecule has 2 aromatic rings. The van der Waals surface area contributed by atoms with Crippen molar-refractivity contribution in [3.63, 3.8) is 0 Å². The van der Waals surface area contributed by atoms with E-state index >= 15 is 0 Å². The second-order valence-corrected chi connectivity index (χ2v) is 7.82. The Balaban J connectivity index is 1.34. The molecule has 0 radical (unpaired) electrons. The van der Waals surface area contributed by atoms with Gasteiger partial charge in [0, 0.05) is 44.5 Å². The Labute approximate surface area is 171 Å². The van der Waals surface area contributed by atoms with Gasteiger partial charge < -0.3 is 15.1 Å². The number of benzene rings is 1. The van der Waals surface area contributed by atoms with Crippen molar-refractivity contribution in [1.29, 1.82) is 0 Å². The highest BCUT2D eigenvalue weighted by molar-refractivity contribution is 6.00. The molecule has 6 nitrogen and oxygen atoms in total. The maximum Gasteiger partial charge on any atom is 0.227 e. The van der Waals surface area contributed by atoms with E-state index in [0.29, 0.717) is 13.1 Å². The molecule has 3 heterocycles. The van der Waals surface area contributed by atoms with E-state index in [2.05, 4.69) is 22.1 Å². The van der Waals surface area contributed by atoms with Gasteiger partial charge in [-0.1, -0.05) is 31.2 Å². The molecule has 2 aliphatic rings. The third-order valence-corrected chi connectivity index (χ3v) is 5.87. The van der Waals surface area contributed by atoms with Gasteiger partial charge in [-0.05, 0) is 42.5 Å². The van der Waals surface area contributed by atoms with Crippen LogP contribution in [0.3, 0.4) is 0 Å². The molecular weight excluding hydrogens is 364 g/mol. The smallest absolute Gasteiger partial charge is 0.227 e. The largest absolute Gasteiger partial charge is 0.357 e. The van der Waals surface area contributed by atoms with Gasteiger partial charge in [-0.2, -0.15) is 0 Å². The number of para-hydroxylation sites is 1. The molecule has 0 bridgehead atoms. The first-order valence-corrected chi connectivity index (χ1v) is 10.5. The first-order chi connectivity index (χ1) is 14.2. The summed E-state index contributed by atoms with van der Waals surface area (Å²) in [6.45, 7) is 5.08. The minimum atomic E-state index is -0.316. The number of anilines is 2. The molecule has 152 valence electrons. The zero-order valence-corrected chi connectivity index (χ0v) is 16.9. The lowest BCUT2D eigenvalue weighted by atomic mass is 10.1. The Hall–Kier alpha value is -2.89.